The van der Waals surface area contributed by atoms with E-state index in [2.05, 4.69) is 10.1 Å². The second kappa shape index (κ2) is 5.00. The first kappa shape index (κ1) is 10.2. The van der Waals surface area contributed by atoms with E-state index >= 15 is 0 Å². The predicted molar refractivity (Wildman–Crippen MR) is 44.2 cm³/mol. The number of rotatable bonds is 4. The zero-order valence-corrected chi connectivity index (χ0v) is 7.23. The van der Waals surface area contributed by atoms with Gasteiger partial charge in [0, 0.05) is 6.54 Å². The third kappa shape index (κ3) is 3.58. The lowest BCUT2D eigenvalue weighted by Crippen LogP contribution is -2.40. The molecule has 0 radical (unpaired) electrons. The molecule has 1 amide bonds. The summed E-state index contributed by atoms with van der Waals surface area (Å²) in [7, 11) is 0. The largest absolute Gasteiger partial charge is 0.448 e. The Morgan fingerprint density at radius 1 is 1.69 bits per heavy atom. The lowest BCUT2D eigenvalue weighted by atomic mass is 10.2. The van der Waals surface area contributed by atoms with Crippen LogP contribution in [-0.2, 0) is 9.47 Å². The van der Waals surface area contributed by atoms with E-state index < -0.39 is 12.2 Å². The van der Waals surface area contributed by atoms with Crippen molar-refractivity contribution in [3.63, 3.8) is 0 Å². The van der Waals surface area contributed by atoms with Crippen LogP contribution in [0, 0.1) is 0 Å². The summed E-state index contributed by atoms with van der Waals surface area (Å²) in [5.74, 6) is 0. The van der Waals surface area contributed by atoms with Gasteiger partial charge < -0.3 is 25.6 Å². The number of hydrogen-bond acceptors (Lipinski definition) is 5. The molecule has 6 heteroatoms. The highest BCUT2D eigenvalue weighted by Crippen LogP contribution is 2.03. The Balaban J connectivity index is 2.02. The van der Waals surface area contributed by atoms with Crippen LogP contribution in [0.2, 0.25) is 0 Å². The van der Waals surface area contributed by atoms with Crippen LogP contribution in [0.25, 0.3) is 0 Å². The second-order valence-electron chi connectivity index (χ2n) is 2.83. The Labute approximate surface area is 76.0 Å². The SMILES string of the molecule is NC(=O)OCCNC1COCC1O. The number of aliphatic hydroxyl groups excluding tert-OH is 1. The van der Waals surface area contributed by atoms with Crippen LogP contribution in [0.15, 0.2) is 0 Å². The summed E-state index contributed by atoms with van der Waals surface area (Å²) < 4.78 is 9.49. The Morgan fingerprint density at radius 3 is 3.00 bits per heavy atom. The van der Waals surface area contributed by atoms with Gasteiger partial charge in [0.05, 0.1) is 25.4 Å². The third-order valence-electron chi connectivity index (χ3n) is 1.80. The van der Waals surface area contributed by atoms with Crippen LogP contribution in [0.1, 0.15) is 0 Å². The minimum absolute atomic E-state index is 0.0727. The van der Waals surface area contributed by atoms with E-state index in [-0.39, 0.29) is 12.6 Å². The molecule has 0 aromatic heterocycles. The fraction of sp³-hybridized carbons (Fsp3) is 0.857. The molecule has 1 rings (SSSR count). The van der Waals surface area contributed by atoms with Crippen molar-refractivity contribution in [2.24, 2.45) is 5.73 Å². The molecule has 1 saturated heterocycles. The lowest BCUT2D eigenvalue weighted by molar-refractivity contribution is 0.120. The zero-order chi connectivity index (χ0) is 9.68. The average Bonchev–Trinajstić information content (AvgIpc) is 2.45. The molecule has 0 aromatic carbocycles. The molecule has 1 aliphatic heterocycles. The van der Waals surface area contributed by atoms with Gasteiger partial charge in [0.25, 0.3) is 0 Å². The Morgan fingerprint density at radius 2 is 2.46 bits per heavy atom. The first-order chi connectivity index (χ1) is 6.20. The molecular weight excluding hydrogens is 176 g/mol. The van der Waals surface area contributed by atoms with Gasteiger partial charge in [-0.25, -0.2) is 4.79 Å². The van der Waals surface area contributed by atoms with Crippen molar-refractivity contribution in [3.8, 4) is 0 Å². The maximum absolute atomic E-state index is 10.2. The topological polar surface area (TPSA) is 93.8 Å². The number of nitrogens with one attached hydrogen (secondary N) is 1. The van der Waals surface area contributed by atoms with Crippen LogP contribution in [0.3, 0.4) is 0 Å². The summed E-state index contributed by atoms with van der Waals surface area (Å²) in [4.78, 5) is 10.2. The number of carbonyl (C=O) groups is 1. The van der Waals surface area contributed by atoms with Gasteiger partial charge in [-0.3, -0.25) is 0 Å². The highest BCUT2D eigenvalue weighted by atomic mass is 16.5. The highest BCUT2D eigenvalue weighted by molar-refractivity contribution is 5.64. The molecule has 13 heavy (non-hydrogen) atoms. The van der Waals surface area contributed by atoms with Crippen molar-refractivity contribution in [3.05, 3.63) is 0 Å². The monoisotopic (exact) mass is 190 g/mol. The first-order valence-electron chi connectivity index (χ1n) is 4.11. The second-order valence-corrected chi connectivity index (χ2v) is 2.83. The van der Waals surface area contributed by atoms with Crippen molar-refractivity contribution >= 4 is 6.09 Å². The molecule has 2 atom stereocenters. The van der Waals surface area contributed by atoms with E-state index in [1.54, 1.807) is 0 Å². The molecule has 76 valence electrons. The fourth-order valence-electron chi connectivity index (χ4n) is 1.13. The average molecular weight is 190 g/mol. The number of primary amides is 1. The summed E-state index contributed by atoms with van der Waals surface area (Å²) in [5, 5.41) is 12.3. The number of ether oxygens (including phenoxy) is 2. The summed E-state index contributed by atoms with van der Waals surface area (Å²) in [6.45, 7) is 1.51. The maximum atomic E-state index is 10.2. The Kier molecular flexibility index (Phi) is 3.94. The molecule has 1 fully saturated rings. The molecule has 2 unspecified atom stereocenters. The van der Waals surface area contributed by atoms with E-state index in [1.165, 1.54) is 0 Å². The molecule has 1 heterocycles. The molecule has 0 aliphatic carbocycles. The number of carbonyl (C=O) groups excluding carboxylic acids is 1. The van der Waals surface area contributed by atoms with Crippen LogP contribution in [0.5, 0.6) is 0 Å². The number of aliphatic hydroxyl groups is 1. The normalized spacial score (nSPS) is 27.5. The standard InChI is InChI=1S/C7H14N2O4/c8-7(11)13-2-1-9-5-3-12-4-6(5)10/h5-6,9-10H,1-4H2,(H2,8,11). The molecule has 0 aromatic rings. The maximum Gasteiger partial charge on any atom is 0.404 e. The smallest absolute Gasteiger partial charge is 0.404 e. The summed E-state index contributed by atoms with van der Waals surface area (Å²) in [6.07, 6.45) is -1.27. The molecule has 4 N–H and O–H groups in total. The number of hydrogen-bond donors (Lipinski definition) is 3. The summed E-state index contributed by atoms with van der Waals surface area (Å²) >= 11 is 0. The quantitative estimate of drug-likeness (QED) is 0.466. The van der Waals surface area contributed by atoms with Gasteiger partial charge in [-0.2, -0.15) is 0 Å². The highest BCUT2D eigenvalue weighted by Gasteiger charge is 2.25. The lowest BCUT2D eigenvalue weighted by Gasteiger charge is -2.13. The van der Waals surface area contributed by atoms with Crippen molar-refractivity contribution in [1.82, 2.24) is 5.32 Å². The van der Waals surface area contributed by atoms with Gasteiger partial charge >= 0.3 is 6.09 Å². The summed E-state index contributed by atoms with van der Waals surface area (Å²) in [5.41, 5.74) is 4.75. The van der Waals surface area contributed by atoms with Crippen LogP contribution >= 0.6 is 0 Å². The van der Waals surface area contributed by atoms with Gasteiger partial charge in [0.15, 0.2) is 0 Å². The Hall–Kier alpha value is -0.850. The van der Waals surface area contributed by atoms with Gasteiger partial charge in [0.2, 0.25) is 0 Å². The van der Waals surface area contributed by atoms with Crippen molar-refractivity contribution in [2.45, 2.75) is 12.1 Å². The first-order valence-corrected chi connectivity index (χ1v) is 4.11. The van der Waals surface area contributed by atoms with E-state index in [0.717, 1.165) is 0 Å². The zero-order valence-electron chi connectivity index (χ0n) is 7.23. The van der Waals surface area contributed by atoms with Crippen LogP contribution in [0.4, 0.5) is 4.79 Å². The number of amides is 1. The van der Waals surface area contributed by atoms with Crippen molar-refractivity contribution < 1.29 is 19.4 Å². The van der Waals surface area contributed by atoms with Crippen molar-refractivity contribution in [2.75, 3.05) is 26.4 Å². The predicted octanol–water partition coefficient (Wildman–Crippen LogP) is -1.57. The van der Waals surface area contributed by atoms with E-state index in [1.807, 2.05) is 0 Å². The summed E-state index contributed by atoms with van der Waals surface area (Å²) in [6, 6.07) is -0.0727. The van der Waals surface area contributed by atoms with E-state index in [0.29, 0.717) is 19.8 Å². The van der Waals surface area contributed by atoms with Crippen molar-refractivity contribution in [1.29, 1.82) is 0 Å². The molecule has 6 nitrogen and oxygen atoms in total. The molecule has 0 spiro atoms. The molecular formula is C7H14N2O4. The minimum Gasteiger partial charge on any atom is -0.448 e. The van der Waals surface area contributed by atoms with Crippen LogP contribution in [-0.4, -0.2) is 49.7 Å². The molecule has 0 saturated carbocycles. The third-order valence-corrected chi connectivity index (χ3v) is 1.80. The minimum atomic E-state index is -0.787. The molecule has 1 aliphatic rings. The van der Waals surface area contributed by atoms with Crippen LogP contribution < -0.4 is 11.1 Å². The van der Waals surface area contributed by atoms with Gasteiger partial charge in [-0.15, -0.1) is 0 Å². The van der Waals surface area contributed by atoms with E-state index in [4.69, 9.17) is 10.5 Å². The number of nitrogens with two attached hydrogens (primary N) is 1. The van der Waals surface area contributed by atoms with Gasteiger partial charge in [0.1, 0.15) is 6.61 Å². The Bertz CT molecular complexity index is 176. The van der Waals surface area contributed by atoms with Gasteiger partial charge in [-0.05, 0) is 0 Å². The molecule has 0 bridgehead atoms. The van der Waals surface area contributed by atoms with E-state index in [9.17, 15) is 9.90 Å². The fourth-order valence-corrected chi connectivity index (χ4v) is 1.13. The van der Waals surface area contributed by atoms with Gasteiger partial charge in [-0.1, -0.05) is 0 Å².